The molecule has 0 saturated heterocycles. The largest absolute Gasteiger partial charge is 0.339 e. The van der Waals surface area contributed by atoms with Crippen LogP contribution in [0.1, 0.15) is 27.9 Å². The standard InChI is InChI=1S/C16H16BrN3/c1-9-5-12(4)19-16(14(9)8-18)20-13-6-10(2)15(17)11(3)7-13/h5-7H,1-4H3,(H,19,20). The number of anilines is 2. The van der Waals surface area contributed by atoms with Gasteiger partial charge in [-0.2, -0.15) is 5.26 Å². The number of aryl methyl sites for hydroxylation is 4. The molecule has 1 aromatic heterocycles. The molecule has 4 heteroatoms. The summed E-state index contributed by atoms with van der Waals surface area (Å²) in [6.07, 6.45) is 0. The highest BCUT2D eigenvalue weighted by Gasteiger charge is 2.10. The summed E-state index contributed by atoms with van der Waals surface area (Å²) in [7, 11) is 0. The highest BCUT2D eigenvalue weighted by Crippen LogP contribution is 2.28. The van der Waals surface area contributed by atoms with E-state index in [-0.39, 0.29) is 0 Å². The van der Waals surface area contributed by atoms with E-state index in [4.69, 9.17) is 0 Å². The Morgan fingerprint density at radius 2 is 1.65 bits per heavy atom. The van der Waals surface area contributed by atoms with Crippen molar-refractivity contribution in [3.05, 3.63) is 50.6 Å². The molecule has 0 atom stereocenters. The first-order valence-electron chi connectivity index (χ1n) is 6.34. The minimum Gasteiger partial charge on any atom is -0.339 e. The highest BCUT2D eigenvalue weighted by molar-refractivity contribution is 9.10. The molecule has 20 heavy (non-hydrogen) atoms. The van der Waals surface area contributed by atoms with Crippen LogP contribution in [-0.2, 0) is 0 Å². The average molecular weight is 330 g/mol. The van der Waals surface area contributed by atoms with Gasteiger partial charge in [0.1, 0.15) is 11.9 Å². The average Bonchev–Trinajstić information content (AvgIpc) is 2.35. The highest BCUT2D eigenvalue weighted by atomic mass is 79.9. The van der Waals surface area contributed by atoms with E-state index in [2.05, 4.69) is 32.3 Å². The fourth-order valence-electron chi connectivity index (χ4n) is 2.22. The Hall–Kier alpha value is -1.86. The predicted molar refractivity (Wildman–Crippen MR) is 85.3 cm³/mol. The second kappa shape index (κ2) is 5.64. The second-order valence-electron chi connectivity index (χ2n) is 4.96. The van der Waals surface area contributed by atoms with Crippen LogP contribution in [0.2, 0.25) is 0 Å². The maximum atomic E-state index is 9.28. The van der Waals surface area contributed by atoms with Crippen molar-refractivity contribution in [1.82, 2.24) is 4.98 Å². The fraction of sp³-hybridized carbons (Fsp3) is 0.250. The van der Waals surface area contributed by atoms with Crippen LogP contribution >= 0.6 is 15.9 Å². The van der Waals surface area contributed by atoms with Crippen LogP contribution in [-0.4, -0.2) is 4.98 Å². The lowest BCUT2D eigenvalue weighted by Gasteiger charge is -2.12. The van der Waals surface area contributed by atoms with Crippen LogP contribution in [0.15, 0.2) is 22.7 Å². The summed E-state index contributed by atoms with van der Waals surface area (Å²) >= 11 is 3.55. The Balaban J connectivity index is 2.48. The Labute approximate surface area is 127 Å². The van der Waals surface area contributed by atoms with Crippen LogP contribution in [0, 0.1) is 39.0 Å². The van der Waals surface area contributed by atoms with Crippen molar-refractivity contribution in [2.24, 2.45) is 0 Å². The first-order chi connectivity index (χ1) is 9.42. The van der Waals surface area contributed by atoms with E-state index in [1.54, 1.807) is 0 Å². The van der Waals surface area contributed by atoms with Crippen molar-refractivity contribution in [1.29, 1.82) is 5.26 Å². The van der Waals surface area contributed by atoms with Crippen LogP contribution in [0.3, 0.4) is 0 Å². The first kappa shape index (κ1) is 14.5. The molecular formula is C16H16BrN3. The lowest BCUT2D eigenvalue weighted by Crippen LogP contribution is -2.01. The van der Waals surface area contributed by atoms with Gasteiger partial charge in [-0.25, -0.2) is 4.98 Å². The van der Waals surface area contributed by atoms with Gasteiger partial charge in [0.2, 0.25) is 0 Å². The molecule has 2 aromatic rings. The van der Waals surface area contributed by atoms with E-state index in [0.29, 0.717) is 11.4 Å². The van der Waals surface area contributed by atoms with Crippen molar-refractivity contribution in [3.8, 4) is 6.07 Å². The van der Waals surface area contributed by atoms with Crippen molar-refractivity contribution in [2.45, 2.75) is 27.7 Å². The molecule has 3 nitrogen and oxygen atoms in total. The van der Waals surface area contributed by atoms with Gasteiger partial charge < -0.3 is 5.32 Å². The van der Waals surface area contributed by atoms with Crippen molar-refractivity contribution >= 4 is 27.4 Å². The van der Waals surface area contributed by atoms with Crippen LogP contribution in [0.5, 0.6) is 0 Å². The Morgan fingerprint density at radius 1 is 1.05 bits per heavy atom. The Bertz CT molecular complexity index is 691. The topological polar surface area (TPSA) is 48.7 Å². The smallest absolute Gasteiger partial charge is 0.148 e. The molecule has 0 aliphatic rings. The number of hydrogen-bond acceptors (Lipinski definition) is 3. The van der Waals surface area contributed by atoms with Gasteiger partial charge in [0.05, 0.1) is 5.56 Å². The Morgan fingerprint density at radius 3 is 2.20 bits per heavy atom. The minimum absolute atomic E-state index is 0.592. The van der Waals surface area contributed by atoms with Crippen LogP contribution < -0.4 is 5.32 Å². The third kappa shape index (κ3) is 2.83. The van der Waals surface area contributed by atoms with Gasteiger partial charge in [0.25, 0.3) is 0 Å². The number of halogens is 1. The number of nitrogens with one attached hydrogen (secondary N) is 1. The lowest BCUT2D eigenvalue weighted by atomic mass is 10.1. The molecule has 0 aliphatic heterocycles. The summed E-state index contributed by atoms with van der Waals surface area (Å²) in [5.41, 5.74) is 5.67. The summed E-state index contributed by atoms with van der Waals surface area (Å²) in [4.78, 5) is 4.44. The Kier molecular flexibility index (Phi) is 4.10. The fourth-order valence-corrected chi connectivity index (χ4v) is 2.45. The molecule has 0 saturated carbocycles. The van der Waals surface area contributed by atoms with E-state index in [0.717, 1.165) is 32.5 Å². The van der Waals surface area contributed by atoms with E-state index in [1.807, 2.05) is 45.9 Å². The van der Waals surface area contributed by atoms with E-state index in [1.165, 1.54) is 0 Å². The number of nitrogens with zero attached hydrogens (tertiary/aromatic N) is 2. The summed E-state index contributed by atoms with van der Waals surface area (Å²) in [5, 5.41) is 12.5. The third-order valence-corrected chi connectivity index (χ3v) is 4.41. The lowest BCUT2D eigenvalue weighted by molar-refractivity contribution is 1.16. The van der Waals surface area contributed by atoms with Gasteiger partial charge in [-0.1, -0.05) is 15.9 Å². The van der Waals surface area contributed by atoms with Crippen molar-refractivity contribution in [3.63, 3.8) is 0 Å². The SMILES string of the molecule is Cc1cc(C)c(C#N)c(Nc2cc(C)c(Br)c(C)c2)n1. The quantitative estimate of drug-likeness (QED) is 0.869. The van der Waals surface area contributed by atoms with Crippen LogP contribution in [0.25, 0.3) is 0 Å². The number of hydrogen-bond donors (Lipinski definition) is 1. The molecule has 0 fully saturated rings. The number of nitriles is 1. The van der Waals surface area contributed by atoms with E-state index in [9.17, 15) is 5.26 Å². The van der Waals surface area contributed by atoms with Crippen molar-refractivity contribution < 1.29 is 0 Å². The molecule has 1 aromatic carbocycles. The zero-order valence-corrected chi connectivity index (χ0v) is 13.6. The van der Waals surface area contributed by atoms with E-state index < -0.39 is 0 Å². The summed E-state index contributed by atoms with van der Waals surface area (Å²) < 4.78 is 1.11. The number of aromatic nitrogens is 1. The molecule has 0 radical (unpaired) electrons. The molecule has 0 unspecified atom stereocenters. The zero-order chi connectivity index (χ0) is 14.9. The summed E-state index contributed by atoms with van der Waals surface area (Å²) in [6, 6.07) is 8.21. The van der Waals surface area contributed by atoms with Gasteiger partial charge in [-0.05, 0) is 62.6 Å². The van der Waals surface area contributed by atoms with Gasteiger partial charge >= 0.3 is 0 Å². The third-order valence-electron chi connectivity index (χ3n) is 3.16. The number of benzene rings is 1. The first-order valence-corrected chi connectivity index (χ1v) is 7.13. The second-order valence-corrected chi connectivity index (χ2v) is 5.76. The molecule has 102 valence electrons. The van der Waals surface area contributed by atoms with Crippen molar-refractivity contribution in [2.75, 3.05) is 5.32 Å². The molecular weight excluding hydrogens is 314 g/mol. The molecule has 0 spiro atoms. The van der Waals surface area contributed by atoms with Crippen LogP contribution in [0.4, 0.5) is 11.5 Å². The van der Waals surface area contributed by atoms with Gasteiger partial charge in [0, 0.05) is 15.9 Å². The zero-order valence-electron chi connectivity index (χ0n) is 12.0. The maximum Gasteiger partial charge on any atom is 0.148 e. The molecule has 0 amide bonds. The monoisotopic (exact) mass is 329 g/mol. The molecule has 1 N–H and O–H groups in total. The van der Waals surface area contributed by atoms with E-state index >= 15 is 0 Å². The summed E-state index contributed by atoms with van der Waals surface area (Å²) in [5.74, 6) is 0.617. The molecule has 2 rings (SSSR count). The summed E-state index contributed by atoms with van der Waals surface area (Å²) in [6.45, 7) is 7.94. The predicted octanol–water partition coefficient (Wildman–Crippen LogP) is 4.69. The number of rotatable bonds is 2. The van der Waals surface area contributed by atoms with Gasteiger partial charge in [-0.15, -0.1) is 0 Å². The molecule has 0 bridgehead atoms. The van der Waals surface area contributed by atoms with Gasteiger partial charge in [-0.3, -0.25) is 0 Å². The molecule has 0 aliphatic carbocycles. The maximum absolute atomic E-state index is 9.28. The molecule has 1 heterocycles. The normalized spacial score (nSPS) is 10.2. The minimum atomic E-state index is 0.592. The number of pyridine rings is 1. The van der Waals surface area contributed by atoms with Gasteiger partial charge in [0.15, 0.2) is 0 Å².